The molecule has 1 heterocycles. The van der Waals surface area contributed by atoms with Crippen LogP contribution in [0.4, 0.5) is 0 Å². The van der Waals surface area contributed by atoms with Gasteiger partial charge in [0.2, 0.25) is 0 Å². The summed E-state index contributed by atoms with van der Waals surface area (Å²) in [4.78, 5) is 17.7. The molecule has 0 amide bonds. The maximum Gasteiger partial charge on any atom is 0.311 e. The molecule has 1 aliphatic rings. The van der Waals surface area contributed by atoms with E-state index in [0.717, 1.165) is 38.9 Å². The molecular formula is C30H36ClNO3. The molecule has 4 rings (SSSR count). The minimum absolute atomic E-state index is 0.133. The Labute approximate surface area is 214 Å². The third-order valence-electron chi connectivity index (χ3n) is 6.19. The molecule has 2 aromatic carbocycles. The second kappa shape index (κ2) is 9.55. The van der Waals surface area contributed by atoms with E-state index in [4.69, 9.17) is 26.1 Å². The molecule has 1 aliphatic carbocycles. The summed E-state index contributed by atoms with van der Waals surface area (Å²) < 4.78 is 12.4. The quantitative estimate of drug-likeness (QED) is 0.325. The second-order valence-electron chi connectivity index (χ2n) is 11.6. The lowest BCUT2D eigenvalue weighted by Crippen LogP contribution is -2.30. The summed E-state index contributed by atoms with van der Waals surface area (Å²) in [7, 11) is 0. The van der Waals surface area contributed by atoms with Crippen molar-refractivity contribution in [2.24, 2.45) is 5.41 Å². The van der Waals surface area contributed by atoms with Crippen molar-refractivity contribution in [3.8, 4) is 11.1 Å². The number of hydrogen-bond acceptors (Lipinski definition) is 4. The average Bonchev–Trinajstić information content (AvgIpc) is 3.60. The standard InChI is InChI=1S/C30H36ClNO3/c1-18-16-24-22(14-15-23(32-24)19-8-9-19)27(20-10-12-21(31)13-11-20)26(18)25(35-30(5,6)7)17-34-28(33)29(2,3)4/h10-16,19,25H,8-9,17H2,1-7H3/t25-/m0/s1. The molecule has 0 saturated heterocycles. The number of esters is 1. The summed E-state index contributed by atoms with van der Waals surface area (Å²) >= 11 is 6.23. The van der Waals surface area contributed by atoms with Crippen LogP contribution < -0.4 is 0 Å². The number of rotatable bonds is 6. The Bertz CT molecular complexity index is 1230. The molecular weight excluding hydrogens is 458 g/mol. The van der Waals surface area contributed by atoms with Gasteiger partial charge in [-0.15, -0.1) is 0 Å². The molecule has 186 valence electrons. The first kappa shape index (κ1) is 25.7. The molecule has 1 fully saturated rings. The lowest BCUT2D eigenvalue weighted by molar-refractivity contribution is -0.162. The Morgan fingerprint density at radius 2 is 1.71 bits per heavy atom. The van der Waals surface area contributed by atoms with Crippen LogP contribution in [0.15, 0.2) is 42.5 Å². The molecule has 0 radical (unpaired) electrons. The lowest BCUT2D eigenvalue weighted by atomic mass is 9.88. The summed E-state index contributed by atoms with van der Waals surface area (Å²) in [6.45, 7) is 13.9. The monoisotopic (exact) mass is 493 g/mol. The first-order valence-electron chi connectivity index (χ1n) is 12.4. The number of benzene rings is 2. The number of hydrogen-bond donors (Lipinski definition) is 0. The van der Waals surface area contributed by atoms with Gasteiger partial charge in [0.1, 0.15) is 12.7 Å². The van der Waals surface area contributed by atoms with Gasteiger partial charge >= 0.3 is 5.97 Å². The highest BCUT2D eigenvalue weighted by molar-refractivity contribution is 6.30. The van der Waals surface area contributed by atoms with Gasteiger partial charge in [0.05, 0.1) is 16.5 Å². The van der Waals surface area contributed by atoms with Crippen LogP contribution >= 0.6 is 11.6 Å². The summed E-state index contributed by atoms with van der Waals surface area (Å²) in [5.41, 5.74) is 5.26. The van der Waals surface area contributed by atoms with Crippen LogP contribution in [-0.4, -0.2) is 23.2 Å². The van der Waals surface area contributed by atoms with E-state index in [-0.39, 0.29) is 12.6 Å². The number of aromatic nitrogens is 1. The topological polar surface area (TPSA) is 48.4 Å². The molecule has 0 N–H and O–H groups in total. The molecule has 3 aromatic rings. The lowest BCUT2D eigenvalue weighted by Gasteiger charge is -2.31. The Balaban J connectivity index is 1.90. The van der Waals surface area contributed by atoms with Crippen molar-refractivity contribution < 1.29 is 14.3 Å². The second-order valence-corrected chi connectivity index (χ2v) is 12.1. The Kier molecular flexibility index (Phi) is 7.00. The molecule has 1 aromatic heterocycles. The van der Waals surface area contributed by atoms with Crippen LogP contribution in [-0.2, 0) is 14.3 Å². The highest BCUT2D eigenvalue weighted by Gasteiger charge is 2.31. The summed E-state index contributed by atoms with van der Waals surface area (Å²) in [6.07, 6.45) is 1.97. The van der Waals surface area contributed by atoms with E-state index in [9.17, 15) is 4.79 Å². The third kappa shape index (κ3) is 6.05. The van der Waals surface area contributed by atoms with Crippen molar-refractivity contribution in [1.29, 1.82) is 0 Å². The van der Waals surface area contributed by atoms with Gasteiger partial charge in [-0.25, -0.2) is 0 Å². The number of ether oxygens (including phenoxy) is 2. The van der Waals surface area contributed by atoms with Crippen molar-refractivity contribution in [1.82, 2.24) is 4.98 Å². The van der Waals surface area contributed by atoms with Crippen molar-refractivity contribution in [2.75, 3.05) is 6.61 Å². The fourth-order valence-corrected chi connectivity index (χ4v) is 4.48. The van der Waals surface area contributed by atoms with Gasteiger partial charge in [-0.3, -0.25) is 9.78 Å². The number of carbonyl (C=O) groups is 1. The number of aryl methyl sites for hydroxylation is 1. The van der Waals surface area contributed by atoms with Gasteiger partial charge < -0.3 is 9.47 Å². The van der Waals surface area contributed by atoms with E-state index in [0.29, 0.717) is 10.9 Å². The van der Waals surface area contributed by atoms with Crippen LogP contribution in [0.1, 0.15) is 83.2 Å². The molecule has 1 atom stereocenters. The van der Waals surface area contributed by atoms with Gasteiger partial charge in [-0.1, -0.05) is 29.8 Å². The number of fused-ring (bicyclic) bond motifs is 1. The highest BCUT2D eigenvalue weighted by atomic mass is 35.5. The minimum atomic E-state index is -0.590. The number of carbonyl (C=O) groups excluding carboxylic acids is 1. The van der Waals surface area contributed by atoms with Crippen molar-refractivity contribution in [2.45, 2.75) is 78.9 Å². The minimum Gasteiger partial charge on any atom is -0.462 e. The Morgan fingerprint density at radius 3 is 2.29 bits per heavy atom. The molecule has 1 saturated carbocycles. The normalized spacial score (nSPS) is 15.3. The van der Waals surface area contributed by atoms with Gasteiger partial charge in [-0.2, -0.15) is 0 Å². The first-order chi connectivity index (χ1) is 16.3. The van der Waals surface area contributed by atoms with E-state index in [1.54, 1.807) is 0 Å². The van der Waals surface area contributed by atoms with Crippen LogP contribution in [0.3, 0.4) is 0 Å². The average molecular weight is 494 g/mol. The molecule has 0 aliphatic heterocycles. The van der Waals surface area contributed by atoms with Crippen LogP contribution in [0.5, 0.6) is 0 Å². The Morgan fingerprint density at radius 1 is 1.06 bits per heavy atom. The van der Waals surface area contributed by atoms with E-state index in [2.05, 4.69) is 25.1 Å². The number of halogens is 1. The maximum absolute atomic E-state index is 12.7. The number of pyridine rings is 1. The van der Waals surface area contributed by atoms with Gasteiger partial charge in [0.25, 0.3) is 0 Å². The van der Waals surface area contributed by atoms with Gasteiger partial charge in [0, 0.05) is 22.0 Å². The summed E-state index contributed by atoms with van der Waals surface area (Å²) in [6, 6.07) is 14.3. The highest BCUT2D eigenvalue weighted by Crippen LogP contribution is 2.43. The SMILES string of the molecule is Cc1cc2nc(C3CC3)ccc2c(-c2ccc(Cl)cc2)c1[C@H](COC(=O)C(C)(C)C)OC(C)(C)C. The molecule has 0 unspecified atom stereocenters. The molecule has 4 nitrogen and oxygen atoms in total. The Hall–Kier alpha value is -2.43. The van der Waals surface area contributed by atoms with Gasteiger partial charge in [0.15, 0.2) is 0 Å². The summed E-state index contributed by atoms with van der Waals surface area (Å²) in [5, 5.41) is 1.74. The van der Waals surface area contributed by atoms with E-state index in [1.165, 1.54) is 12.8 Å². The van der Waals surface area contributed by atoms with Crippen LogP contribution in [0, 0.1) is 12.3 Å². The largest absolute Gasteiger partial charge is 0.462 e. The van der Waals surface area contributed by atoms with E-state index < -0.39 is 17.1 Å². The number of nitrogens with zero attached hydrogens (tertiary/aromatic N) is 1. The predicted octanol–water partition coefficient (Wildman–Crippen LogP) is 8.19. The molecule has 35 heavy (non-hydrogen) atoms. The zero-order chi connectivity index (χ0) is 25.5. The van der Waals surface area contributed by atoms with Crippen molar-refractivity contribution in [3.63, 3.8) is 0 Å². The van der Waals surface area contributed by atoms with Gasteiger partial charge in [-0.05, 0) is 108 Å². The molecule has 0 spiro atoms. The smallest absolute Gasteiger partial charge is 0.311 e. The fourth-order valence-electron chi connectivity index (χ4n) is 4.36. The zero-order valence-electron chi connectivity index (χ0n) is 21.9. The maximum atomic E-state index is 12.7. The molecule has 5 heteroatoms. The predicted molar refractivity (Wildman–Crippen MR) is 143 cm³/mol. The van der Waals surface area contributed by atoms with Crippen molar-refractivity contribution in [3.05, 3.63) is 64.3 Å². The summed E-state index contributed by atoms with van der Waals surface area (Å²) in [5.74, 6) is 0.328. The third-order valence-corrected chi connectivity index (χ3v) is 6.44. The fraction of sp³-hybridized carbons (Fsp3) is 0.467. The van der Waals surface area contributed by atoms with Crippen LogP contribution in [0.2, 0.25) is 5.02 Å². The zero-order valence-corrected chi connectivity index (χ0v) is 22.6. The van der Waals surface area contributed by atoms with Crippen molar-refractivity contribution >= 4 is 28.5 Å². The van der Waals surface area contributed by atoms with Crippen LogP contribution in [0.25, 0.3) is 22.0 Å². The molecule has 0 bridgehead atoms. The first-order valence-corrected chi connectivity index (χ1v) is 12.8. The van der Waals surface area contributed by atoms with E-state index in [1.807, 2.05) is 65.8 Å². The van der Waals surface area contributed by atoms with E-state index >= 15 is 0 Å².